The molecular formula is C33H26BrFN6O4. The molecule has 0 spiro atoms. The summed E-state index contributed by atoms with van der Waals surface area (Å²) in [5.41, 5.74) is 3.81. The molecule has 12 heteroatoms. The fourth-order valence-electron chi connectivity index (χ4n) is 5.58. The lowest BCUT2D eigenvalue weighted by Crippen LogP contribution is -2.41. The minimum absolute atomic E-state index is 0.109. The molecule has 0 radical (unpaired) electrons. The van der Waals surface area contributed by atoms with E-state index in [-0.39, 0.29) is 43.3 Å². The number of ether oxygens (including phenoxy) is 1. The van der Waals surface area contributed by atoms with E-state index in [9.17, 15) is 14.4 Å². The lowest BCUT2D eigenvalue weighted by molar-refractivity contribution is 0.0729. The van der Waals surface area contributed by atoms with Crippen molar-refractivity contribution in [3.8, 4) is 11.4 Å². The molecule has 45 heavy (non-hydrogen) atoms. The van der Waals surface area contributed by atoms with Crippen LogP contribution in [0.25, 0.3) is 16.2 Å². The molecule has 3 aromatic carbocycles. The minimum Gasteiger partial charge on any atom is -0.497 e. The molecule has 0 fully saturated rings. The Bertz CT molecular complexity index is 2100. The highest BCUT2D eigenvalue weighted by atomic mass is 79.9. The Morgan fingerprint density at radius 3 is 2.53 bits per heavy atom. The zero-order chi connectivity index (χ0) is 31.8. The van der Waals surface area contributed by atoms with Gasteiger partial charge in [0.1, 0.15) is 17.2 Å². The summed E-state index contributed by atoms with van der Waals surface area (Å²) < 4.78 is 24.0. The fourth-order valence-corrected chi connectivity index (χ4v) is 5.91. The number of hydrogen-bond acceptors (Lipinski definition) is 5. The summed E-state index contributed by atoms with van der Waals surface area (Å²) in [5.74, 6) is -0.603. The van der Waals surface area contributed by atoms with E-state index in [1.807, 2.05) is 0 Å². The van der Waals surface area contributed by atoms with Gasteiger partial charge in [-0.1, -0.05) is 34.1 Å². The molecule has 0 saturated heterocycles. The van der Waals surface area contributed by atoms with Gasteiger partial charge in [-0.25, -0.2) is 13.8 Å². The molecule has 10 nitrogen and oxygen atoms in total. The van der Waals surface area contributed by atoms with Crippen LogP contribution >= 0.6 is 15.9 Å². The molecule has 0 bridgehead atoms. The molecule has 3 heterocycles. The maximum atomic E-state index is 15.1. The van der Waals surface area contributed by atoms with Crippen molar-refractivity contribution in [1.29, 1.82) is 0 Å². The monoisotopic (exact) mass is 668 g/mol. The largest absolute Gasteiger partial charge is 0.497 e. The number of nitrogens with zero attached hydrogens (tertiary/aromatic N) is 5. The Kier molecular flexibility index (Phi) is 7.95. The van der Waals surface area contributed by atoms with E-state index >= 15 is 4.39 Å². The van der Waals surface area contributed by atoms with E-state index < -0.39 is 5.82 Å². The number of aromatic nitrogens is 3. The van der Waals surface area contributed by atoms with Crippen molar-refractivity contribution in [2.75, 3.05) is 20.7 Å². The van der Waals surface area contributed by atoms with Gasteiger partial charge in [0.05, 0.1) is 37.8 Å². The van der Waals surface area contributed by atoms with Crippen LogP contribution in [0.3, 0.4) is 0 Å². The summed E-state index contributed by atoms with van der Waals surface area (Å²) in [6.45, 7) is 7.80. The molecule has 2 amide bonds. The van der Waals surface area contributed by atoms with Crippen LogP contribution in [-0.4, -0.2) is 51.6 Å². The van der Waals surface area contributed by atoms with Crippen LogP contribution in [0.1, 0.15) is 43.1 Å². The molecule has 1 N–H and O–H groups in total. The highest BCUT2D eigenvalue weighted by Crippen LogP contribution is 2.29. The van der Waals surface area contributed by atoms with Crippen molar-refractivity contribution < 1.29 is 18.7 Å². The number of halogens is 2. The second-order valence-electron chi connectivity index (χ2n) is 10.5. The summed E-state index contributed by atoms with van der Waals surface area (Å²) >= 11 is 3.33. The Hall–Kier alpha value is -5.28. The molecule has 0 aliphatic carbocycles. The quantitative estimate of drug-likeness (QED) is 0.254. The number of nitrogens with one attached hydrogen (secondary N) is 1. The zero-order valence-electron chi connectivity index (χ0n) is 24.3. The molecule has 5 aromatic rings. The van der Waals surface area contributed by atoms with Gasteiger partial charge in [-0.15, -0.1) is 0 Å². The van der Waals surface area contributed by atoms with Crippen LogP contribution in [0.2, 0.25) is 0 Å². The number of benzene rings is 3. The molecule has 0 unspecified atom stereocenters. The summed E-state index contributed by atoms with van der Waals surface area (Å²) in [6.07, 6.45) is 2.02. The van der Waals surface area contributed by atoms with Crippen molar-refractivity contribution in [2.24, 2.45) is 0 Å². The van der Waals surface area contributed by atoms with Crippen molar-refractivity contribution in [3.05, 3.63) is 132 Å². The standard InChI is InChI=1S/C33H26BrFN6O4/c1-36-28-15-21(7-11-26(28)34)32(43)39-13-12-25-29(18-39)41-31(22(17-38-41)14-20-6-10-24(45-3)16-27(20)35)40(33(25)44)23-8-4-19(5-9-23)30(42)37-2/h4-11,15-17H,12-14,18H2,2-3H3,(H,37,42). The highest BCUT2D eigenvalue weighted by molar-refractivity contribution is 9.10. The molecular weight excluding hydrogens is 643 g/mol. The number of methoxy groups -OCH3 is 1. The average molecular weight is 670 g/mol. The smallest absolute Gasteiger partial charge is 0.261 e. The van der Waals surface area contributed by atoms with Crippen LogP contribution in [0.4, 0.5) is 10.1 Å². The van der Waals surface area contributed by atoms with Gasteiger partial charge >= 0.3 is 0 Å². The van der Waals surface area contributed by atoms with E-state index in [2.05, 4.69) is 31.2 Å². The van der Waals surface area contributed by atoms with Crippen LogP contribution < -0.4 is 15.6 Å². The second kappa shape index (κ2) is 12.0. The maximum Gasteiger partial charge on any atom is 0.261 e. The molecule has 226 valence electrons. The number of hydrogen-bond donors (Lipinski definition) is 1. The molecule has 6 rings (SSSR count). The maximum absolute atomic E-state index is 15.1. The van der Waals surface area contributed by atoms with Gasteiger partial charge in [0.15, 0.2) is 0 Å². The Labute approximate surface area is 265 Å². The number of carbonyl (C=O) groups excluding carboxylic acids is 2. The van der Waals surface area contributed by atoms with Gasteiger partial charge in [-0.05, 0) is 48.4 Å². The summed E-state index contributed by atoms with van der Waals surface area (Å²) in [7, 11) is 3.00. The highest BCUT2D eigenvalue weighted by Gasteiger charge is 2.29. The first-order valence-corrected chi connectivity index (χ1v) is 14.8. The second-order valence-corrected chi connectivity index (χ2v) is 11.3. The molecule has 1 aliphatic rings. The van der Waals surface area contributed by atoms with Crippen LogP contribution in [0, 0.1) is 12.4 Å². The van der Waals surface area contributed by atoms with Crippen molar-refractivity contribution in [3.63, 3.8) is 0 Å². The summed E-state index contributed by atoms with van der Waals surface area (Å²) in [5, 5.41) is 7.23. The van der Waals surface area contributed by atoms with Crippen LogP contribution in [0.5, 0.6) is 5.75 Å². The van der Waals surface area contributed by atoms with Gasteiger partial charge < -0.3 is 15.0 Å². The lowest BCUT2D eigenvalue weighted by Gasteiger charge is -2.30. The topological polar surface area (TPSA) is 102 Å². The third-order valence-corrected chi connectivity index (χ3v) is 8.59. The third-order valence-electron chi connectivity index (χ3n) is 7.92. The summed E-state index contributed by atoms with van der Waals surface area (Å²) in [4.78, 5) is 45.1. The van der Waals surface area contributed by atoms with E-state index in [0.29, 0.717) is 60.8 Å². The zero-order valence-corrected chi connectivity index (χ0v) is 25.9. The van der Waals surface area contributed by atoms with Crippen molar-refractivity contribution in [1.82, 2.24) is 24.4 Å². The van der Waals surface area contributed by atoms with Gasteiger partial charge in [0.25, 0.3) is 17.4 Å². The van der Waals surface area contributed by atoms with Gasteiger partial charge in [-0.3, -0.25) is 19.0 Å². The Balaban J connectivity index is 1.48. The summed E-state index contributed by atoms with van der Waals surface area (Å²) in [6, 6.07) is 16.1. The number of rotatable bonds is 6. The fraction of sp³-hybridized carbons (Fsp3) is 0.182. The molecule has 0 atom stereocenters. The predicted octanol–water partition coefficient (Wildman–Crippen LogP) is 5.10. The molecule has 2 aromatic heterocycles. The first-order valence-electron chi connectivity index (χ1n) is 14.0. The van der Waals surface area contributed by atoms with Crippen LogP contribution in [-0.2, 0) is 19.4 Å². The number of carbonyl (C=O) groups is 2. The third kappa shape index (κ3) is 5.36. The Morgan fingerprint density at radius 2 is 1.84 bits per heavy atom. The van der Waals surface area contributed by atoms with Crippen LogP contribution in [0.15, 0.2) is 76.1 Å². The van der Waals surface area contributed by atoms with E-state index in [0.717, 1.165) is 0 Å². The Morgan fingerprint density at radius 1 is 1.09 bits per heavy atom. The number of fused-ring (bicyclic) bond motifs is 3. The van der Waals surface area contributed by atoms with Gasteiger partial charge in [0.2, 0.25) is 5.69 Å². The normalized spacial score (nSPS) is 12.5. The first-order chi connectivity index (χ1) is 21.7. The SMILES string of the molecule is [C-]#[N+]c1cc(C(=O)N2CCc3c(n4ncc(Cc5ccc(OC)cc5F)c4n(-c4ccc(C(=O)NC)cc4)c3=O)C2)ccc1Br. The van der Waals surface area contributed by atoms with Crippen molar-refractivity contribution in [2.45, 2.75) is 19.4 Å². The predicted molar refractivity (Wildman–Crippen MR) is 169 cm³/mol. The minimum atomic E-state index is -0.458. The average Bonchev–Trinajstić information content (AvgIpc) is 3.48. The van der Waals surface area contributed by atoms with E-state index in [4.69, 9.17) is 11.3 Å². The number of amides is 2. The van der Waals surface area contributed by atoms with E-state index in [1.54, 1.807) is 77.3 Å². The van der Waals surface area contributed by atoms with Gasteiger partial charge in [-0.2, -0.15) is 5.10 Å². The lowest BCUT2D eigenvalue weighted by atomic mass is 10.0. The van der Waals surface area contributed by atoms with E-state index in [1.165, 1.54) is 17.7 Å². The van der Waals surface area contributed by atoms with Crippen molar-refractivity contribution >= 4 is 39.1 Å². The first kappa shape index (κ1) is 29.8. The molecule has 0 saturated carbocycles. The molecule has 1 aliphatic heterocycles. The van der Waals surface area contributed by atoms with Gasteiger partial charge in [0, 0.05) is 52.8 Å².